The van der Waals surface area contributed by atoms with Gasteiger partial charge in [0.05, 0.1) is 17.7 Å². The minimum Gasteiger partial charge on any atom is -0.497 e. The average molecular weight is 268 g/mol. The van der Waals surface area contributed by atoms with E-state index in [0.717, 1.165) is 25.9 Å². The van der Waals surface area contributed by atoms with Gasteiger partial charge in [0.1, 0.15) is 5.75 Å². The Morgan fingerprint density at radius 2 is 1.89 bits per heavy atom. The lowest BCUT2D eigenvalue weighted by atomic mass is 10.2. The van der Waals surface area contributed by atoms with Crippen LogP contribution in [-0.2, 0) is 0 Å². The lowest BCUT2D eigenvalue weighted by Crippen LogP contribution is -2.32. The van der Waals surface area contributed by atoms with Crippen LogP contribution in [0.15, 0.2) is 18.2 Å². The van der Waals surface area contributed by atoms with Crippen LogP contribution in [0, 0.1) is 0 Å². The second-order valence-electron chi connectivity index (χ2n) is 4.55. The van der Waals surface area contributed by atoms with Crippen molar-refractivity contribution in [3.05, 3.63) is 28.8 Å². The van der Waals surface area contributed by atoms with E-state index in [1.165, 1.54) is 12.8 Å². The van der Waals surface area contributed by atoms with Crippen LogP contribution in [-0.4, -0.2) is 31.0 Å². The van der Waals surface area contributed by atoms with Gasteiger partial charge in [0.25, 0.3) is 5.91 Å². The molecular formula is C14H18ClNO2. The summed E-state index contributed by atoms with van der Waals surface area (Å²) >= 11 is 6.14. The molecule has 0 radical (unpaired) electrons. The maximum absolute atomic E-state index is 12.4. The summed E-state index contributed by atoms with van der Waals surface area (Å²) in [6, 6.07) is 5.21. The van der Waals surface area contributed by atoms with E-state index < -0.39 is 0 Å². The quantitative estimate of drug-likeness (QED) is 0.822. The van der Waals surface area contributed by atoms with Crippen molar-refractivity contribution in [2.45, 2.75) is 25.7 Å². The maximum Gasteiger partial charge on any atom is 0.255 e. The molecular weight excluding hydrogens is 250 g/mol. The van der Waals surface area contributed by atoms with E-state index in [2.05, 4.69) is 0 Å². The molecule has 1 aromatic rings. The summed E-state index contributed by atoms with van der Waals surface area (Å²) in [5.74, 6) is 0.706. The SMILES string of the molecule is COc1ccc(C(=O)N2CCCCCC2)c(Cl)c1. The number of likely N-dealkylation sites (tertiary alicyclic amines) is 1. The van der Waals surface area contributed by atoms with Crippen molar-refractivity contribution in [2.24, 2.45) is 0 Å². The van der Waals surface area contributed by atoms with E-state index >= 15 is 0 Å². The van der Waals surface area contributed by atoms with E-state index in [0.29, 0.717) is 16.3 Å². The van der Waals surface area contributed by atoms with Gasteiger partial charge in [-0.1, -0.05) is 24.4 Å². The fourth-order valence-corrected chi connectivity index (χ4v) is 2.49. The van der Waals surface area contributed by atoms with Gasteiger partial charge < -0.3 is 9.64 Å². The zero-order valence-electron chi connectivity index (χ0n) is 10.6. The number of methoxy groups -OCH3 is 1. The number of hydrogen-bond donors (Lipinski definition) is 0. The van der Waals surface area contributed by atoms with Crippen LogP contribution in [0.1, 0.15) is 36.0 Å². The normalized spacial score (nSPS) is 16.2. The lowest BCUT2D eigenvalue weighted by molar-refractivity contribution is 0.0762. The van der Waals surface area contributed by atoms with Crippen molar-refractivity contribution in [1.82, 2.24) is 4.90 Å². The highest BCUT2D eigenvalue weighted by Gasteiger charge is 2.19. The third-order valence-electron chi connectivity index (χ3n) is 3.30. The summed E-state index contributed by atoms with van der Waals surface area (Å²) in [6.45, 7) is 1.67. The lowest BCUT2D eigenvalue weighted by Gasteiger charge is -2.21. The molecule has 4 heteroatoms. The van der Waals surface area contributed by atoms with Crippen LogP contribution in [0.2, 0.25) is 5.02 Å². The first-order chi connectivity index (χ1) is 8.72. The highest BCUT2D eigenvalue weighted by molar-refractivity contribution is 6.34. The number of ether oxygens (including phenoxy) is 1. The van der Waals surface area contributed by atoms with E-state index in [4.69, 9.17) is 16.3 Å². The number of nitrogens with zero attached hydrogens (tertiary/aromatic N) is 1. The Kier molecular flexibility index (Phi) is 4.48. The number of carbonyl (C=O) groups excluding carboxylic acids is 1. The summed E-state index contributed by atoms with van der Waals surface area (Å²) in [4.78, 5) is 14.3. The summed E-state index contributed by atoms with van der Waals surface area (Å²) in [6.07, 6.45) is 4.58. The van der Waals surface area contributed by atoms with Crippen molar-refractivity contribution in [3.63, 3.8) is 0 Å². The molecule has 18 heavy (non-hydrogen) atoms. The first-order valence-electron chi connectivity index (χ1n) is 6.35. The molecule has 1 aliphatic rings. The van der Waals surface area contributed by atoms with Gasteiger partial charge in [-0.3, -0.25) is 4.79 Å². The standard InChI is InChI=1S/C14H18ClNO2/c1-18-11-6-7-12(13(15)10-11)14(17)16-8-4-2-3-5-9-16/h6-7,10H,2-5,8-9H2,1H3. The van der Waals surface area contributed by atoms with Crippen LogP contribution >= 0.6 is 11.6 Å². The van der Waals surface area contributed by atoms with Crippen LogP contribution in [0.5, 0.6) is 5.75 Å². The third-order valence-corrected chi connectivity index (χ3v) is 3.61. The fraction of sp³-hybridized carbons (Fsp3) is 0.500. The Morgan fingerprint density at radius 3 is 2.44 bits per heavy atom. The Morgan fingerprint density at radius 1 is 1.22 bits per heavy atom. The van der Waals surface area contributed by atoms with Gasteiger partial charge >= 0.3 is 0 Å². The zero-order valence-corrected chi connectivity index (χ0v) is 11.4. The number of halogens is 1. The van der Waals surface area contributed by atoms with Gasteiger partial charge in [-0.2, -0.15) is 0 Å². The molecule has 0 unspecified atom stereocenters. The summed E-state index contributed by atoms with van der Waals surface area (Å²) in [5.41, 5.74) is 0.569. The smallest absolute Gasteiger partial charge is 0.255 e. The molecule has 1 fully saturated rings. The van der Waals surface area contributed by atoms with Crippen molar-refractivity contribution in [2.75, 3.05) is 20.2 Å². The largest absolute Gasteiger partial charge is 0.497 e. The van der Waals surface area contributed by atoms with E-state index in [-0.39, 0.29) is 5.91 Å². The van der Waals surface area contributed by atoms with Gasteiger partial charge in [0.2, 0.25) is 0 Å². The summed E-state index contributed by atoms with van der Waals surface area (Å²) in [7, 11) is 1.59. The van der Waals surface area contributed by atoms with Crippen molar-refractivity contribution >= 4 is 17.5 Å². The van der Waals surface area contributed by atoms with Gasteiger partial charge in [0.15, 0.2) is 0 Å². The van der Waals surface area contributed by atoms with E-state index in [1.807, 2.05) is 4.90 Å². The highest BCUT2D eigenvalue weighted by Crippen LogP contribution is 2.24. The molecule has 3 nitrogen and oxygen atoms in total. The molecule has 98 valence electrons. The molecule has 0 atom stereocenters. The first kappa shape index (κ1) is 13.2. The third kappa shape index (κ3) is 2.96. The van der Waals surface area contributed by atoms with Gasteiger partial charge in [0, 0.05) is 13.1 Å². The van der Waals surface area contributed by atoms with Crippen molar-refractivity contribution in [3.8, 4) is 5.75 Å². The first-order valence-corrected chi connectivity index (χ1v) is 6.73. The van der Waals surface area contributed by atoms with E-state index in [9.17, 15) is 4.79 Å². The van der Waals surface area contributed by atoms with Gasteiger partial charge in [-0.25, -0.2) is 0 Å². The van der Waals surface area contributed by atoms with Crippen LogP contribution in [0.3, 0.4) is 0 Å². The second-order valence-corrected chi connectivity index (χ2v) is 4.96. The maximum atomic E-state index is 12.4. The molecule has 1 heterocycles. The van der Waals surface area contributed by atoms with E-state index in [1.54, 1.807) is 25.3 Å². The molecule has 1 aliphatic heterocycles. The number of carbonyl (C=O) groups is 1. The van der Waals surface area contributed by atoms with Crippen LogP contribution in [0.25, 0.3) is 0 Å². The van der Waals surface area contributed by atoms with Crippen LogP contribution < -0.4 is 4.74 Å². The minimum atomic E-state index is 0.0320. The number of benzene rings is 1. The van der Waals surface area contributed by atoms with Gasteiger partial charge in [-0.15, -0.1) is 0 Å². The average Bonchev–Trinajstić information content (AvgIpc) is 2.66. The predicted molar refractivity (Wildman–Crippen MR) is 72.4 cm³/mol. The number of amides is 1. The minimum absolute atomic E-state index is 0.0320. The van der Waals surface area contributed by atoms with Gasteiger partial charge in [-0.05, 0) is 31.0 Å². The Hall–Kier alpha value is -1.22. The molecule has 0 bridgehead atoms. The Bertz CT molecular complexity index is 426. The molecule has 2 rings (SSSR count). The van der Waals surface area contributed by atoms with Crippen molar-refractivity contribution in [1.29, 1.82) is 0 Å². The second kappa shape index (κ2) is 6.10. The summed E-state index contributed by atoms with van der Waals surface area (Å²) in [5, 5.41) is 0.462. The molecule has 1 saturated heterocycles. The van der Waals surface area contributed by atoms with Crippen LogP contribution in [0.4, 0.5) is 0 Å². The molecule has 0 aromatic heterocycles. The molecule has 0 N–H and O–H groups in total. The Balaban J connectivity index is 2.16. The topological polar surface area (TPSA) is 29.5 Å². The number of hydrogen-bond acceptors (Lipinski definition) is 2. The molecule has 0 aliphatic carbocycles. The Labute approximate surface area is 113 Å². The monoisotopic (exact) mass is 267 g/mol. The zero-order chi connectivity index (χ0) is 13.0. The van der Waals surface area contributed by atoms with Crippen molar-refractivity contribution < 1.29 is 9.53 Å². The molecule has 0 saturated carbocycles. The fourth-order valence-electron chi connectivity index (χ4n) is 2.24. The molecule has 0 spiro atoms. The number of rotatable bonds is 2. The molecule has 1 amide bonds. The summed E-state index contributed by atoms with van der Waals surface area (Å²) < 4.78 is 5.09. The molecule has 1 aromatic carbocycles. The predicted octanol–water partition coefficient (Wildman–Crippen LogP) is 3.36. The highest BCUT2D eigenvalue weighted by atomic mass is 35.5.